The zero-order chi connectivity index (χ0) is 18.7. The van der Waals surface area contributed by atoms with Crippen molar-refractivity contribution in [3.05, 3.63) is 24.0 Å². The van der Waals surface area contributed by atoms with E-state index in [-0.39, 0.29) is 36.2 Å². The molecule has 134 valence electrons. The Hall–Kier alpha value is -2.48. The molecule has 24 heavy (non-hydrogen) atoms. The standard InChI is InChI=1S/C12H16O6.C4H6O2/c1-3-4-10(18-11(14)5-8(2)13)12(15)17-7-9-6-16-9;1-3(2)4(5)6/h4,9H,3,5-7H2,1-2H3;1H2,2H3,(H,5,6). The predicted molar refractivity (Wildman–Crippen MR) is 82.9 cm³/mol. The molecule has 8 nitrogen and oxygen atoms in total. The Kier molecular flexibility index (Phi) is 9.97. The number of aliphatic carboxylic acids is 1. The van der Waals surface area contributed by atoms with Crippen molar-refractivity contribution in [2.75, 3.05) is 13.2 Å². The van der Waals surface area contributed by atoms with Crippen molar-refractivity contribution in [3.63, 3.8) is 0 Å². The molecule has 1 fully saturated rings. The number of hydrogen-bond donors (Lipinski definition) is 1. The van der Waals surface area contributed by atoms with Crippen molar-refractivity contribution < 1.29 is 38.5 Å². The van der Waals surface area contributed by atoms with Crippen LogP contribution in [0.3, 0.4) is 0 Å². The van der Waals surface area contributed by atoms with Crippen LogP contribution in [0, 0.1) is 0 Å². The maximum Gasteiger partial charge on any atom is 0.374 e. The maximum absolute atomic E-state index is 11.6. The molecule has 0 bridgehead atoms. The second-order valence-corrected chi connectivity index (χ2v) is 4.97. The highest BCUT2D eigenvalue weighted by Gasteiger charge is 2.26. The summed E-state index contributed by atoms with van der Waals surface area (Å²) in [6.45, 7) is 8.38. The van der Waals surface area contributed by atoms with Crippen LogP contribution in [0.25, 0.3) is 0 Å². The molecule has 1 saturated heterocycles. The molecule has 0 aliphatic carbocycles. The van der Waals surface area contributed by atoms with E-state index in [1.807, 2.05) is 0 Å². The normalized spacial score (nSPS) is 15.5. The molecular formula is C16H22O8. The first-order valence-corrected chi connectivity index (χ1v) is 7.25. The number of esters is 2. The van der Waals surface area contributed by atoms with E-state index in [1.54, 1.807) is 6.92 Å². The molecule has 1 aliphatic heterocycles. The lowest BCUT2D eigenvalue weighted by Crippen LogP contribution is -2.18. The van der Waals surface area contributed by atoms with E-state index < -0.39 is 17.9 Å². The highest BCUT2D eigenvalue weighted by Crippen LogP contribution is 2.11. The molecule has 0 saturated carbocycles. The quantitative estimate of drug-likeness (QED) is 0.231. The third-order valence-electron chi connectivity index (χ3n) is 2.38. The van der Waals surface area contributed by atoms with Crippen LogP contribution < -0.4 is 0 Å². The third kappa shape index (κ3) is 11.1. The first-order valence-electron chi connectivity index (χ1n) is 7.25. The molecule has 1 unspecified atom stereocenters. The van der Waals surface area contributed by atoms with E-state index in [1.165, 1.54) is 19.9 Å². The highest BCUT2D eigenvalue weighted by atomic mass is 16.6. The van der Waals surface area contributed by atoms with E-state index in [4.69, 9.17) is 19.3 Å². The van der Waals surface area contributed by atoms with Gasteiger partial charge >= 0.3 is 17.9 Å². The molecule has 0 radical (unpaired) electrons. The molecule has 1 heterocycles. The number of hydrogen-bond acceptors (Lipinski definition) is 7. The maximum atomic E-state index is 11.6. The second-order valence-electron chi connectivity index (χ2n) is 4.97. The van der Waals surface area contributed by atoms with Gasteiger partial charge in [-0.15, -0.1) is 0 Å². The van der Waals surface area contributed by atoms with Crippen LogP contribution in [0.5, 0.6) is 0 Å². The van der Waals surface area contributed by atoms with Gasteiger partial charge in [0.1, 0.15) is 24.9 Å². The number of ketones is 1. The fourth-order valence-corrected chi connectivity index (χ4v) is 1.12. The first-order chi connectivity index (χ1) is 11.2. The van der Waals surface area contributed by atoms with Crippen molar-refractivity contribution >= 4 is 23.7 Å². The number of carboxylic acids is 1. The summed E-state index contributed by atoms with van der Waals surface area (Å²) in [5.74, 6) is -2.92. The number of carboxylic acid groups (broad SMARTS) is 1. The lowest BCUT2D eigenvalue weighted by atomic mass is 10.3. The Morgan fingerprint density at radius 3 is 2.21 bits per heavy atom. The topological polar surface area (TPSA) is 120 Å². The van der Waals surface area contributed by atoms with Gasteiger partial charge < -0.3 is 19.3 Å². The molecule has 8 heteroatoms. The van der Waals surface area contributed by atoms with E-state index in [0.29, 0.717) is 13.0 Å². The van der Waals surface area contributed by atoms with Crippen molar-refractivity contribution in [1.82, 2.24) is 0 Å². The van der Waals surface area contributed by atoms with Gasteiger partial charge in [0.2, 0.25) is 5.76 Å². The molecule has 0 aromatic carbocycles. The fourth-order valence-electron chi connectivity index (χ4n) is 1.12. The van der Waals surface area contributed by atoms with Gasteiger partial charge in [-0.2, -0.15) is 0 Å². The van der Waals surface area contributed by atoms with Crippen molar-refractivity contribution in [3.8, 4) is 0 Å². The SMILES string of the molecule is C=C(C)C(=O)O.CCC=C(OC(=O)CC(C)=O)C(=O)OCC1CO1. The summed E-state index contributed by atoms with van der Waals surface area (Å²) in [6, 6.07) is 0. The lowest BCUT2D eigenvalue weighted by Gasteiger charge is -2.07. The van der Waals surface area contributed by atoms with E-state index in [0.717, 1.165) is 0 Å². The van der Waals surface area contributed by atoms with Gasteiger partial charge in [-0.3, -0.25) is 9.59 Å². The summed E-state index contributed by atoms with van der Waals surface area (Å²) in [7, 11) is 0. The minimum atomic E-state index is -0.935. The monoisotopic (exact) mass is 342 g/mol. The summed E-state index contributed by atoms with van der Waals surface area (Å²) in [4.78, 5) is 43.2. The van der Waals surface area contributed by atoms with Gasteiger partial charge in [0.25, 0.3) is 0 Å². The lowest BCUT2D eigenvalue weighted by molar-refractivity contribution is -0.152. The zero-order valence-electron chi connectivity index (χ0n) is 14.0. The largest absolute Gasteiger partial charge is 0.478 e. The summed E-state index contributed by atoms with van der Waals surface area (Å²) in [5, 5.41) is 7.89. The van der Waals surface area contributed by atoms with Crippen LogP contribution in [0.4, 0.5) is 0 Å². The highest BCUT2D eigenvalue weighted by molar-refractivity contribution is 5.97. The summed E-state index contributed by atoms with van der Waals surface area (Å²) in [5.41, 5.74) is 0.176. The average molecular weight is 342 g/mol. The van der Waals surface area contributed by atoms with E-state index >= 15 is 0 Å². The predicted octanol–water partition coefficient (Wildman–Crippen LogP) is 1.39. The van der Waals surface area contributed by atoms with Gasteiger partial charge in [0.05, 0.1) is 6.61 Å². The molecule has 0 amide bonds. The van der Waals surface area contributed by atoms with Gasteiger partial charge in [0.15, 0.2) is 0 Å². The Labute approximate surface area is 140 Å². The average Bonchev–Trinajstić information content (AvgIpc) is 3.28. The zero-order valence-corrected chi connectivity index (χ0v) is 14.0. The Bertz CT molecular complexity index is 516. The number of rotatable bonds is 8. The van der Waals surface area contributed by atoms with Crippen molar-refractivity contribution in [1.29, 1.82) is 0 Å². The summed E-state index contributed by atoms with van der Waals surface area (Å²) in [6.07, 6.45) is 1.54. The second kappa shape index (κ2) is 11.1. The van der Waals surface area contributed by atoms with Gasteiger partial charge in [-0.25, -0.2) is 9.59 Å². The van der Waals surface area contributed by atoms with Gasteiger partial charge in [-0.1, -0.05) is 13.5 Å². The Morgan fingerprint density at radius 1 is 1.29 bits per heavy atom. The number of carbonyl (C=O) groups is 4. The molecule has 1 N–H and O–H groups in total. The van der Waals surface area contributed by atoms with Crippen LogP contribution >= 0.6 is 0 Å². The van der Waals surface area contributed by atoms with Crippen LogP contribution in [0.15, 0.2) is 24.0 Å². The minimum Gasteiger partial charge on any atom is -0.478 e. The minimum absolute atomic E-state index is 0.0512. The number of Topliss-reactive ketones (excluding diaryl/α,β-unsaturated/α-hetero) is 1. The van der Waals surface area contributed by atoms with Crippen LogP contribution in [0.1, 0.15) is 33.6 Å². The fraction of sp³-hybridized carbons (Fsp3) is 0.500. The molecule has 0 spiro atoms. The summed E-state index contributed by atoms with van der Waals surface area (Å²) < 4.78 is 14.6. The molecular weight excluding hydrogens is 320 g/mol. The molecule has 0 aromatic heterocycles. The van der Waals surface area contributed by atoms with Crippen LogP contribution in [0.2, 0.25) is 0 Å². The van der Waals surface area contributed by atoms with Crippen molar-refractivity contribution in [2.24, 2.45) is 0 Å². The number of carbonyl (C=O) groups excluding carboxylic acids is 3. The van der Waals surface area contributed by atoms with Crippen LogP contribution in [-0.2, 0) is 33.4 Å². The van der Waals surface area contributed by atoms with Crippen molar-refractivity contribution in [2.45, 2.75) is 39.7 Å². The molecule has 0 aromatic rings. The smallest absolute Gasteiger partial charge is 0.374 e. The summed E-state index contributed by atoms with van der Waals surface area (Å²) >= 11 is 0. The van der Waals surface area contributed by atoms with E-state index in [2.05, 4.69) is 6.58 Å². The van der Waals surface area contributed by atoms with E-state index in [9.17, 15) is 19.2 Å². The number of ether oxygens (including phenoxy) is 3. The molecule has 1 rings (SSSR count). The Morgan fingerprint density at radius 2 is 1.83 bits per heavy atom. The molecule has 1 aliphatic rings. The number of epoxide rings is 1. The Balaban J connectivity index is 0.000000754. The van der Waals surface area contributed by atoms with Crippen LogP contribution in [-0.4, -0.2) is 48.1 Å². The van der Waals surface area contributed by atoms with Gasteiger partial charge in [-0.05, 0) is 26.3 Å². The molecule has 1 atom stereocenters. The third-order valence-corrected chi connectivity index (χ3v) is 2.38. The number of allylic oxidation sites excluding steroid dienone is 1. The first kappa shape index (κ1) is 21.5. The van der Waals surface area contributed by atoms with Gasteiger partial charge in [0, 0.05) is 5.57 Å².